The molecule has 0 saturated carbocycles. The van der Waals surface area contributed by atoms with Gasteiger partial charge in [0.05, 0.1) is 12.5 Å². The molecule has 1 atom stereocenters. The van der Waals surface area contributed by atoms with Crippen LogP contribution in [0.5, 0.6) is 0 Å². The van der Waals surface area contributed by atoms with Crippen LogP contribution in [0.15, 0.2) is 40.8 Å². The highest BCUT2D eigenvalue weighted by molar-refractivity contribution is 5.90. The number of carboxylic acids is 1. The third-order valence-electron chi connectivity index (χ3n) is 4.75. The van der Waals surface area contributed by atoms with E-state index in [-0.39, 0.29) is 30.3 Å². The molecule has 7 heteroatoms. The second kappa shape index (κ2) is 7.65. The molecule has 2 amide bonds. The van der Waals surface area contributed by atoms with Crippen LogP contribution in [0, 0.1) is 12.8 Å². The van der Waals surface area contributed by atoms with Crippen LogP contribution in [0.2, 0.25) is 0 Å². The molecule has 0 aliphatic carbocycles. The summed E-state index contributed by atoms with van der Waals surface area (Å²) in [5.74, 6) is -0.928. The summed E-state index contributed by atoms with van der Waals surface area (Å²) in [6, 6.07) is 11.1. The van der Waals surface area contributed by atoms with E-state index in [4.69, 9.17) is 9.52 Å². The molecule has 1 aliphatic rings. The van der Waals surface area contributed by atoms with Gasteiger partial charge in [-0.15, -0.1) is 0 Å². The van der Waals surface area contributed by atoms with Crippen LogP contribution in [0.4, 0.5) is 0 Å². The Morgan fingerprint density at radius 1 is 1.30 bits per heavy atom. The topological polar surface area (TPSA) is 91.1 Å². The lowest BCUT2D eigenvalue weighted by molar-refractivity contribution is -0.135. The van der Waals surface area contributed by atoms with Crippen molar-refractivity contribution < 1.29 is 23.9 Å². The van der Waals surface area contributed by atoms with Gasteiger partial charge in [0, 0.05) is 26.6 Å². The first-order valence-electron chi connectivity index (χ1n) is 8.74. The molecular weight excluding hydrogens is 348 g/mol. The van der Waals surface area contributed by atoms with Crippen molar-refractivity contribution in [1.82, 2.24) is 9.80 Å². The second-order valence-corrected chi connectivity index (χ2v) is 6.84. The van der Waals surface area contributed by atoms with Gasteiger partial charge in [0.2, 0.25) is 11.8 Å². The minimum atomic E-state index is -1.06. The molecular formula is C20H22N2O5. The molecule has 1 aromatic heterocycles. The summed E-state index contributed by atoms with van der Waals surface area (Å²) in [7, 11) is 1.63. The lowest BCUT2D eigenvalue weighted by Gasteiger charge is -2.20. The second-order valence-electron chi connectivity index (χ2n) is 6.84. The molecule has 3 rings (SSSR count). The van der Waals surface area contributed by atoms with E-state index >= 15 is 0 Å². The molecule has 0 bridgehead atoms. The first-order valence-corrected chi connectivity index (χ1v) is 8.74. The van der Waals surface area contributed by atoms with Crippen molar-refractivity contribution >= 4 is 17.8 Å². The Morgan fingerprint density at radius 3 is 2.63 bits per heavy atom. The van der Waals surface area contributed by atoms with Crippen molar-refractivity contribution in [2.45, 2.75) is 26.4 Å². The molecule has 1 aliphatic heterocycles. The van der Waals surface area contributed by atoms with E-state index < -0.39 is 11.9 Å². The van der Waals surface area contributed by atoms with E-state index in [1.165, 1.54) is 11.0 Å². The van der Waals surface area contributed by atoms with E-state index in [1.54, 1.807) is 18.9 Å². The van der Waals surface area contributed by atoms with E-state index in [0.717, 1.165) is 5.56 Å². The molecule has 2 heterocycles. The monoisotopic (exact) mass is 370 g/mol. The molecule has 1 saturated heterocycles. The van der Waals surface area contributed by atoms with E-state index in [9.17, 15) is 14.4 Å². The summed E-state index contributed by atoms with van der Waals surface area (Å²) >= 11 is 0. The molecule has 7 nitrogen and oxygen atoms in total. The number of aromatic carboxylic acids is 1. The highest BCUT2D eigenvalue weighted by Gasteiger charge is 2.35. The van der Waals surface area contributed by atoms with Gasteiger partial charge in [0.15, 0.2) is 0 Å². The SMILES string of the molecule is Cc1oc(CN(C)C(=O)[C@H]2CC(=O)N(Cc3ccccc3)C2)cc1C(=O)O. The lowest BCUT2D eigenvalue weighted by Crippen LogP contribution is -2.34. The number of hydrogen-bond donors (Lipinski definition) is 1. The maximum Gasteiger partial charge on any atom is 0.339 e. The normalized spacial score (nSPS) is 16.6. The number of amides is 2. The van der Waals surface area contributed by atoms with Crippen LogP contribution in [0.1, 0.15) is 33.9 Å². The summed E-state index contributed by atoms with van der Waals surface area (Å²) in [6.45, 7) is 2.61. The number of nitrogens with zero attached hydrogens (tertiary/aromatic N) is 2. The Balaban J connectivity index is 1.61. The van der Waals surface area contributed by atoms with Gasteiger partial charge in [0.25, 0.3) is 0 Å². The van der Waals surface area contributed by atoms with Gasteiger partial charge < -0.3 is 19.3 Å². The molecule has 0 spiro atoms. The van der Waals surface area contributed by atoms with Gasteiger partial charge in [-0.05, 0) is 18.6 Å². The zero-order valence-electron chi connectivity index (χ0n) is 15.3. The van der Waals surface area contributed by atoms with Gasteiger partial charge in [-0.3, -0.25) is 9.59 Å². The first kappa shape index (κ1) is 18.7. The number of rotatable bonds is 6. The van der Waals surface area contributed by atoms with Crippen molar-refractivity contribution in [1.29, 1.82) is 0 Å². The first-order chi connectivity index (χ1) is 12.8. The summed E-state index contributed by atoms with van der Waals surface area (Å²) in [5, 5.41) is 9.09. The van der Waals surface area contributed by atoms with Crippen LogP contribution in [-0.2, 0) is 22.7 Å². The minimum Gasteiger partial charge on any atom is -0.478 e. The molecule has 0 radical (unpaired) electrons. The van der Waals surface area contributed by atoms with E-state index in [1.807, 2.05) is 30.3 Å². The summed E-state index contributed by atoms with van der Waals surface area (Å²) in [4.78, 5) is 39.3. The summed E-state index contributed by atoms with van der Waals surface area (Å²) in [5.41, 5.74) is 1.12. The third-order valence-corrected chi connectivity index (χ3v) is 4.75. The number of furan rings is 1. The highest BCUT2D eigenvalue weighted by atomic mass is 16.4. The van der Waals surface area contributed by atoms with Crippen LogP contribution < -0.4 is 0 Å². The molecule has 1 N–H and O–H groups in total. The molecule has 1 fully saturated rings. The van der Waals surface area contributed by atoms with Crippen LogP contribution in [0.25, 0.3) is 0 Å². The number of benzene rings is 1. The van der Waals surface area contributed by atoms with Crippen LogP contribution in [-0.4, -0.2) is 46.3 Å². The van der Waals surface area contributed by atoms with Crippen molar-refractivity contribution in [2.24, 2.45) is 5.92 Å². The third kappa shape index (κ3) is 4.19. The minimum absolute atomic E-state index is 0.0346. The number of carbonyl (C=O) groups is 3. The maximum absolute atomic E-state index is 12.7. The quantitative estimate of drug-likeness (QED) is 0.842. The van der Waals surface area contributed by atoms with Gasteiger partial charge >= 0.3 is 5.97 Å². The summed E-state index contributed by atoms with van der Waals surface area (Å²) in [6.07, 6.45) is 0.188. The fourth-order valence-corrected chi connectivity index (χ4v) is 3.35. The Hall–Kier alpha value is -3.09. The maximum atomic E-state index is 12.7. The smallest absolute Gasteiger partial charge is 0.339 e. The summed E-state index contributed by atoms with van der Waals surface area (Å²) < 4.78 is 5.43. The highest BCUT2D eigenvalue weighted by Crippen LogP contribution is 2.23. The Labute approximate surface area is 157 Å². The van der Waals surface area contributed by atoms with Gasteiger partial charge in [0.1, 0.15) is 17.1 Å². The van der Waals surface area contributed by atoms with Gasteiger partial charge in [-0.25, -0.2) is 4.79 Å². The fraction of sp³-hybridized carbons (Fsp3) is 0.350. The number of likely N-dealkylation sites (tertiary alicyclic amines) is 1. The molecule has 2 aromatic rings. The van der Waals surface area contributed by atoms with E-state index in [0.29, 0.717) is 24.6 Å². The zero-order valence-corrected chi connectivity index (χ0v) is 15.3. The lowest BCUT2D eigenvalue weighted by atomic mass is 10.1. The van der Waals surface area contributed by atoms with Crippen molar-refractivity contribution in [2.75, 3.05) is 13.6 Å². The average Bonchev–Trinajstić information content (AvgIpc) is 3.18. The predicted octanol–water partition coefficient (Wildman–Crippen LogP) is 2.29. The fourth-order valence-electron chi connectivity index (χ4n) is 3.35. The molecule has 1 aromatic carbocycles. The van der Waals surface area contributed by atoms with Crippen molar-refractivity contribution in [3.05, 3.63) is 59.0 Å². The average molecular weight is 370 g/mol. The Morgan fingerprint density at radius 2 is 2.00 bits per heavy atom. The van der Waals surface area contributed by atoms with Gasteiger partial charge in [-0.2, -0.15) is 0 Å². The number of hydrogen-bond acceptors (Lipinski definition) is 4. The van der Waals surface area contributed by atoms with Gasteiger partial charge in [-0.1, -0.05) is 30.3 Å². The standard InChI is InChI=1S/C20H22N2O5/c1-13-17(20(25)26)9-16(27-13)12-21(2)19(24)15-8-18(23)22(11-15)10-14-6-4-3-5-7-14/h3-7,9,15H,8,10-12H2,1-2H3,(H,25,26)/t15-/m0/s1. The predicted molar refractivity (Wildman–Crippen MR) is 96.8 cm³/mol. The largest absolute Gasteiger partial charge is 0.478 e. The number of aryl methyl sites for hydroxylation is 1. The molecule has 142 valence electrons. The van der Waals surface area contributed by atoms with Crippen LogP contribution >= 0.6 is 0 Å². The molecule has 0 unspecified atom stereocenters. The molecule has 27 heavy (non-hydrogen) atoms. The van der Waals surface area contributed by atoms with Crippen molar-refractivity contribution in [3.63, 3.8) is 0 Å². The zero-order chi connectivity index (χ0) is 19.6. The number of carboxylic acid groups (broad SMARTS) is 1. The number of carbonyl (C=O) groups excluding carboxylic acids is 2. The van der Waals surface area contributed by atoms with Crippen molar-refractivity contribution in [3.8, 4) is 0 Å². The van der Waals surface area contributed by atoms with Crippen LogP contribution in [0.3, 0.4) is 0 Å². The Kier molecular flexibility index (Phi) is 5.30. The Bertz CT molecular complexity index is 859. The van der Waals surface area contributed by atoms with E-state index in [2.05, 4.69) is 0 Å².